The molecule has 1 heterocycles. The van der Waals surface area contributed by atoms with Gasteiger partial charge in [-0.05, 0) is 60.4 Å². The molecule has 0 aliphatic heterocycles. The second-order valence-corrected chi connectivity index (χ2v) is 5.72. The fourth-order valence-electron chi connectivity index (χ4n) is 2.66. The Balaban J connectivity index is 2.12. The fraction of sp³-hybridized carbons (Fsp3) is 0.167. The van der Waals surface area contributed by atoms with Crippen LogP contribution in [0.1, 0.15) is 30.0 Å². The minimum Gasteiger partial charge on any atom is -0.278 e. The summed E-state index contributed by atoms with van der Waals surface area (Å²) in [6, 6.07) is 9.40. The maximum absolute atomic E-state index is 14.6. The Morgan fingerprint density at radius 3 is 2.86 bits per heavy atom. The number of aryl methyl sites for hydroxylation is 1. The van der Waals surface area contributed by atoms with Gasteiger partial charge in [0.1, 0.15) is 5.82 Å². The van der Waals surface area contributed by atoms with Crippen molar-refractivity contribution in [3.63, 3.8) is 0 Å². The van der Waals surface area contributed by atoms with Crippen molar-refractivity contribution in [1.82, 2.24) is 10.2 Å². The lowest BCUT2D eigenvalue weighted by Gasteiger charge is -2.10. The third-order valence-electron chi connectivity index (χ3n) is 3.83. The van der Waals surface area contributed by atoms with Gasteiger partial charge in [-0.1, -0.05) is 24.6 Å². The summed E-state index contributed by atoms with van der Waals surface area (Å²) in [6.45, 7) is 4.08. The molecule has 3 aromatic rings. The Bertz CT molecular complexity index is 865. The van der Waals surface area contributed by atoms with Crippen LogP contribution in [0.2, 0.25) is 5.02 Å². The van der Waals surface area contributed by atoms with Crippen LogP contribution in [0, 0.1) is 12.7 Å². The highest BCUT2D eigenvalue weighted by Crippen LogP contribution is 2.28. The zero-order chi connectivity index (χ0) is 15.7. The van der Waals surface area contributed by atoms with Gasteiger partial charge in [0.25, 0.3) is 0 Å². The number of allylic oxidation sites excluding steroid dienone is 1. The summed E-state index contributed by atoms with van der Waals surface area (Å²) in [5.74, 6) is -0.246. The largest absolute Gasteiger partial charge is 0.278 e. The molecule has 112 valence electrons. The fourth-order valence-corrected chi connectivity index (χ4v) is 2.88. The number of hydrogen-bond donors (Lipinski definition) is 1. The summed E-state index contributed by atoms with van der Waals surface area (Å²) in [4.78, 5) is 0. The summed E-state index contributed by atoms with van der Waals surface area (Å²) < 4.78 is 14.6. The van der Waals surface area contributed by atoms with E-state index >= 15 is 0 Å². The number of rotatable bonds is 3. The van der Waals surface area contributed by atoms with Crippen LogP contribution >= 0.6 is 11.6 Å². The Kier molecular flexibility index (Phi) is 3.99. The van der Waals surface area contributed by atoms with Crippen molar-refractivity contribution in [3.8, 4) is 0 Å². The maximum Gasteiger partial charge on any atom is 0.141 e. The molecule has 0 radical (unpaired) electrons. The number of fused-ring (bicyclic) bond motifs is 1. The van der Waals surface area contributed by atoms with Crippen molar-refractivity contribution in [2.24, 2.45) is 0 Å². The highest BCUT2D eigenvalue weighted by molar-refractivity contribution is 6.30. The normalized spacial score (nSPS) is 12.1. The van der Waals surface area contributed by atoms with Crippen LogP contribution in [-0.4, -0.2) is 10.2 Å². The Hall–Kier alpha value is -2.13. The van der Waals surface area contributed by atoms with E-state index in [1.165, 1.54) is 6.20 Å². The van der Waals surface area contributed by atoms with Crippen LogP contribution in [0.15, 0.2) is 36.5 Å². The third-order valence-corrected chi connectivity index (χ3v) is 4.07. The van der Waals surface area contributed by atoms with E-state index in [-0.39, 0.29) is 5.82 Å². The third kappa shape index (κ3) is 2.64. The van der Waals surface area contributed by atoms with Gasteiger partial charge in [0.2, 0.25) is 0 Å². The number of H-pyrrole nitrogens is 1. The lowest BCUT2D eigenvalue weighted by Crippen LogP contribution is -1.90. The molecule has 0 fully saturated rings. The van der Waals surface area contributed by atoms with Crippen LogP contribution in [0.4, 0.5) is 4.39 Å². The summed E-state index contributed by atoms with van der Waals surface area (Å²) in [6.07, 6.45) is 4.23. The van der Waals surface area contributed by atoms with Crippen molar-refractivity contribution in [3.05, 3.63) is 64.1 Å². The van der Waals surface area contributed by atoms with Crippen LogP contribution in [0.5, 0.6) is 0 Å². The van der Waals surface area contributed by atoms with E-state index in [4.69, 9.17) is 11.6 Å². The molecule has 4 heteroatoms. The average molecular weight is 315 g/mol. The van der Waals surface area contributed by atoms with Gasteiger partial charge in [-0.15, -0.1) is 0 Å². The minimum atomic E-state index is -0.246. The number of nitrogens with zero attached hydrogens (tertiary/aromatic N) is 1. The number of hydrogen-bond acceptors (Lipinski definition) is 1. The lowest BCUT2D eigenvalue weighted by atomic mass is 9.96. The maximum atomic E-state index is 14.6. The number of benzene rings is 2. The molecule has 0 aliphatic carbocycles. The molecule has 3 rings (SSSR count). The van der Waals surface area contributed by atoms with Gasteiger partial charge in [0.05, 0.1) is 17.1 Å². The molecule has 0 amide bonds. The summed E-state index contributed by atoms with van der Waals surface area (Å²) >= 11 is 6.01. The predicted octanol–water partition coefficient (Wildman–Crippen LogP) is 5.61. The zero-order valence-corrected chi connectivity index (χ0v) is 13.2. The molecule has 1 aromatic heterocycles. The predicted molar refractivity (Wildman–Crippen MR) is 90.4 cm³/mol. The highest BCUT2D eigenvalue weighted by Gasteiger charge is 2.10. The lowest BCUT2D eigenvalue weighted by molar-refractivity contribution is 0.637. The van der Waals surface area contributed by atoms with Crippen molar-refractivity contribution in [2.75, 3.05) is 0 Å². The van der Waals surface area contributed by atoms with Crippen LogP contribution in [-0.2, 0) is 0 Å². The van der Waals surface area contributed by atoms with Gasteiger partial charge in [-0.3, -0.25) is 5.10 Å². The molecule has 22 heavy (non-hydrogen) atoms. The van der Waals surface area contributed by atoms with E-state index < -0.39 is 0 Å². The first-order valence-corrected chi connectivity index (χ1v) is 7.56. The van der Waals surface area contributed by atoms with E-state index in [1.54, 1.807) is 6.07 Å². The Morgan fingerprint density at radius 2 is 2.14 bits per heavy atom. The minimum absolute atomic E-state index is 0.246. The van der Waals surface area contributed by atoms with E-state index in [1.807, 2.05) is 37.3 Å². The van der Waals surface area contributed by atoms with E-state index in [2.05, 4.69) is 17.1 Å². The number of halogens is 2. The molecule has 0 bridgehead atoms. The molecular weight excluding hydrogens is 299 g/mol. The Morgan fingerprint density at radius 1 is 1.32 bits per heavy atom. The van der Waals surface area contributed by atoms with Crippen molar-refractivity contribution >= 4 is 34.2 Å². The quantitative estimate of drug-likeness (QED) is 0.625. The van der Waals surface area contributed by atoms with Crippen LogP contribution in [0.3, 0.4) is 0 Å². The number of aromatic nitrogens is 2. The average Bonchev–Trinajstić information content (AvgIpc) is 2.97. The summed E-state index contributed by atoms with van der Waals surface area (Å²) in [5.41, 5.74) is 4.54. The first-order valence-electron chi connectivity index (χ1n) is 7.19. The standard InChI is InChI=1S/C18H16ClFN2/c1-3-12(15-6-5-14(19)8-11(15)2)9-13-4-7-17-16(18(13)20)10-21-22-17/h4-10H,3H2,1-2H3,(H,21,22)/b12-9+. The SMILES string of the molecule is CC/C(=C\c1ccc2[nH]ncc2c1F)c1ccc(Cl)cc1C. The molecule has 0 saturated heterocycles. The second-order valence-electron chi connectivity index (χ2n) is 5.28. The van der Waals surface area contributed by atoms with Crippen molar-refractivity contribution in [2.45, 2.75) is 20.3 Å². The van der Waals surface area contributed by atoms with E-state index in [0.717, 1.165) is 23.1 Å². The molecule has 2 aromatic carbocycles. The van der Waals surface area contributed by atoms with Crippen LogP contribution in [0.25, 0.3) is 22.6 Å². The first kappa shape index (κ1) is 14.8. The topological polar surface area (TPSA) is 28.7 Å². The zero-order valence-electron chi connectivity index (χ0n) is 12.5. The van der Waals surface area contributed by atoms with Crippen molar-refractivity contribution in [1.29, 1.82) is 0 Å². The van der Waals surface area contributed by atoms with Gasteiger partial charge in [0.15, 0.2) is 0 Å². The van der Waals surface area contributed by atoms with E-state index in [0.29, 0.717) is 21.5 Å². The van der Waals surface area contributed by atoms with Gasteiger partial charge in [-0.25, -0.2) is 4.39 Å². The Labute approximate surface area is 133 Å². The summed E-state index contributed by atoms with van der Waals surface area (Å²) in [5, 5.41) is 7.88. The second kappa shape index (κ2) is 5.93. The number of nitrogens with one attached hydrogen (secondary N) is 1. The molecule has 0 spiro atoms. The molecular formula is C18H16ClFN2. The van der Waals surface area contributed by atoms with Gasteiger partial charge < -0.3 is 0 Å². The smallest absolute Gasteiger partial charge is 0.141 e. The first-order chi connectivity index (χ1) is 10.6. The van der Waals surface area contributed by atoms with Gasteiger partial charge in [0, 0.05) is 10.6 Å². The van der Waals surface area contributed by atoms with Crippen LogP contribution < -0.4 is 0 Å². The monoisotopic (exact) mass is 314 g/mol. The van der Waals surface area contributed by atoms with Gasteiger partial charge in [-0.2, -0.15) is 5.10 Å². The summed E-state index contributed by atoms with van der Waals surface area (Å²) in [7, 11) is 0. The molecule has 0 unspecified atom stereocenters. The van der Waals surface area contributed by atoms with Gasteiger partial charge >= 0.3 is 0 Å². The van der Waals surface area contributed by atoms with E-state index in [9.17, 15) is 4.39 Å². The molecule has 1 N–H and O–H groups in total. The molecule has 0 atom stereocenters. The molecule has 2 nitrogen and oxygen atoms in total. The molecule has 0 saturated carbocycles. The molecule has 0 aliphatic rings. The highest BCUT2D eigenvalue weighted by atomic mass is 35.5. The van der Waals surface area contributed by atoms with Crippen molar-refractivity contribution < 1.29 is 4.39 Å². The number of aromatic amines is 1.